The van der Waals surface area contributed by atoms with E-state index in [0.29, 0.717) is 31.9 Å². The number of hydrazine groups is 2. The fourth-order valence-electron chi connectivity index (χ4n) is 4.15. The first kappa shape index (κ1) is 27.5. The average Bonchev–Trinajstić information content (AvgIpc) is 3.31. The first-order chi connectivity index (χ1) is 16.3. The summed E-state index contributed by atoms with van der Waals surface area (Å²) in [4.78, 5) is 2.81. The van der Waals surface area contributed by atoms with Crippen LogP contribution >= 0.6 is 0 Å². The van der Waals surface area contributed by atoms with Crippen molar-refractivity contribution in [3.05, 3.63) is 17.7 Å². The van der Waals surface area contributed by atoms with Crippen LogP contribution in [0.3, 0.4) is 0 Å². The summed E-state index contributed by atoms with van der Waals surface area (Å²) in [6, 6.07) is 2.66. The first-order valence-electron chi connectivity index (χ1n) is 10.8. The van der Waals surface area contributed by atoms with E-state index in [0.717, 1.165) is 0 Å². The van der Waals surface area contributed by atoms with Gasteiger partial charge in [0.15, 0.2) is 5.84 Å². The summed E-state index contributed by atoms with van der Waals surface area (Å²) in [7, 11) is -9.01. The molecule has 0 aromatic heterocycles. The molecule has 35 heavy (non-hydrogen) atoms. The quantitative estimate of drug-likeness (QED) is 0.144. The molecule has 1 fully saturated rings. The van der Waals surface area contributed by atoms with Crippen LogP contribution in [0.1, 0.15) is 19.4 Å². The second kappa shape index (κ2) is 10.5. The zero-order valence-corrected chi connectivity index (χ0v) is 21.2. The number of nitrogens with one attached hydrogen (secondary N) is 4. The van der Waals surface area contributed by atoms with E-state index in [1.54, 1.807) is 0 Å². The topological polar surface area (TPSA) is 228 Å². The van der Waals surface area contributed by atoms with Crippen LogP contribution in [-0.4, -0.2) is 95.3 Å². The highest BCUT2D eigenvalue weighted by molar-refractivity contribution is 7.92. The Kier molecular flexibility index (Phi) is 8.24. The largest absolute Gasteiger partial charge is 0.395 e. The molecule has 0 radical (unpaired) electrons. The Morgan fingerprint density at radius 1 is 1.26 bits per heavy atom. The molecule has 0 amide bonds. The molecule has 0 spiro atoms. The minimum absolute atomic E-state index is 0.000714. The van der Waals surface area contributed by atoms with Crippen LogP contribution in [0.4, 0.5) is 5.69 Å². The van der Waals surface area contributed by atoms with E-state index >= 15 is 0 Å². The van der Waals surface area contributed by atoms with Gasteiger partial charge in [0.05, 0.1) is 18.3 Å². The normalized spacial score (nSPS) is 19.7. The van der Waals surface area contributed by atoms with E-state index in [4.69, 9.17) is 10.9 Å². The lowest BCUT2D eigenvalue weighted by Crippen LogP contribution is -2.60. The molecular formula is C18H33N9O6S2. The molecule has 1 aromatic rings. The zero-order valence-electron chi connectivity index (χ0n) is 19.5. The number of β-amino-alcohol motifs (C(OH)–C–C–N with tert-alkyl or cyclic N) is 1. The van der Waals surface area contributed by atoms with Gasteiger partial charge in [-0.1, -0.05) is 0 Å². The Balaban J connectivity index is 2.17. The van der Waals surface area contributed by atoms with Gasteiger partial charge in [0.2, 0.25) is 20.0 Å². The molecule has 10 N–H and O–H groups in total. The maximum absolute atomic E-state index is 13.1. The summed E-state index contributed by atoms with van der Waals surface area (Å²) in [6.07, 6.45) is -1.16. The number of primary sulfonamides is 1. The van der Waals surface area contributed by atoms with Gasteiger partial charge in [-0.2, -0.15) is 0 Å². The summed E-state index contributed by atoms with van der Waals surface area (Å²) in [5, 5.41) is 28.6. The second-order valence-electron chi connectivity index (χ2n) is 8.84. The molecule has 1 saturated heterocycles. The molecular weight excluding hydrogens is 502 g/mol. The van der Waals surface area contributed by atoms with Gasteiger partial charge in [-0.3, -0.25) is 10.3 Å². The predicted octanol–water partition coefficient (Wildman–Crippen LogP) is -3.90. The van der Waals surface area contributed by atoms with E-state index in [1.165, 1.54) is 12.1 Å². The Morgan fingerprint density at radius 2 is 1.97 bits per heavy atom. The van der Waals surface area contributed by atoms with Gasteiger partial charge in [0.25, 0.3) is 0 Å². The number of hydrogen-bond acceptors (Lipinski definition) is 13. The van der Waals surface area contributed by atoms with Crippen molar-refractivity contribution < 1.29 is 27.0 Å². The minimum atomic E-state index is -4.59. The molecule has 2 aliphatic heterocycles. The molecule has 15 nitrogen and oxygen atoms in total. The predicted molar refractivity (Wildman–Crippen MR) is 129 cm³/mol. The fourth-order valence-corrected chi connectivity index (χ4v) is 6.83. The third kappa shape index (κ3) is 6.01. The van der Waals surface area contributed by atoms with Gasteiger partial charge >= 0.3 is 0 Å². The second-order valence-corrected chi connectivity index (χ2v) is 12.1. The lowest BCUT2D eigenvalue weighted by molar-refractivity contribution is 0.0813. The van der Waals surface area contributed by atoms with E-state index in [-0.39, 0.29) is 30.1 Å². The number of amidine groups is 1. The van der Waals surface area contributed by atoms with Crippen LogP contribution < -0.4 is 37.0 Å². The number of piperazine rings is 1. The van der Waals surface area contributed by atoms with Gasteiger partial charge < -0.3 is 20.8 Å². The van der Waals surface area contributed by atoms with Gasteiger partial charge in [-0.25, -0.2) is 32.2 Å². The molecule has 1 atom stereocenters. The Morgan fingerprint density at radius 3 is 2.51 bits per heavy atom. The molecule has 17 heteroatoms. The SMILES string of the molecule is CC1(C)CN(c2ccc(S(=O)(=O)NC[C@H](O)CN)c(S(N)(=O)=O)c2C2=NNNN2)CCN1CCO. The number of nitrogens with two attached hydrogens (primary N) is 2. The summed E-state index contributed by atoms with van der Waals surface area (Å²) in [5.41, 5.74) is 13.0. The molecule has 0 unspecified atom stereocenters. The highest BCUT2D eigenvalue weighted by Gasteiger charge is 2.38. The summed E-state index contributed by atoms with van der Waals surface area (Å²) in [6.45, 7) is 5.37. The molecule has 0 saturated carbocycles. The maximum atomic E-state index is 13.1. The third-order valence-electron chi connectivity index (χ3n) is 5.88. The number of sulfonamides is 2. The lowest BCUT2D eigenvalue weighted by atomic mass is 9.97. The molecule has 2 heterocycles. The fraction of sp³-hybridized carbons (Fsp3) is 0.611. The Hall–Kier alpha value is -2.09. The van der Waals surface area contributed by atoms with Crippen molar-refractivity contribution in [2.45, 2.75) is 35.3 Å². The van der Waals surface area contributed by atoms with Crippen LogP contribution in [0, 0.1) is 0 Å². The molecule has 198 valence electrons. The summed E-state index contributed by atoms with van der Waals surface area (Å²) in [5.74, 6) is 0.0265. The lowest BCUT2D eigenvalue weighted by Gasteiger charge is -2.48. The van der Waals surface area contributed by atoms with Crippen molar-refractivity contribution in [2.75, 3.05) is 50.8 Å². The Labute approximate surface area is 204 Å². The standard InChI is InChI=1S/C18H33N9O6S2/c1-18(2)11-26(5-6-27(18)7-8-28)13-3-4-14(35(32,33)21-10-12(29)9-19)16(34(20,30)31)15(13)17-22-24-25-23-17/h3-4,12,21,24-25,28-29H,5-11,19H2,1-2H3,(H,22,23)(H2,20,30,31)/t12-/m1/s1. The van der Waals surface area contributed by atoms with Crippen LogP contribution in [0.5, 0.6) is 0 Å². The van der Waals surface area contributed by atoms with E-state index < -0.39 is 42.5 Å². The van der Waals surface area contributed by atoms with E-state index in [9.17, 15) is 27.0 Å². The van der Waals surface area contributed by atoms with Crippen LogP contribution in [0.2, 0.25) is 0 Å². The van der Waals surface area contributed by atoms with Gasteiger partial charge in [0, 0.05) is 50.5 Å². The van der Waals surface area contributed by atoms with E-state index in [1.807, 2.05) is 18.7 Å². The molecule has 1 aromatic carbocycles. The van der Waals surface area contributed by atoms with Crippen molar-refractivity contribution >= 4 is 31.6 Å². The number of aliphatic hydroxyl groups is 2. The third-order valence-corrected chi connectivity index (χ3v) is 8.47. The number of aliphatic hydroxyl groups excluding tert-OH is 2. The molecule has 0 bridgehead atoms. The van der Waals surface area contributed by atoms with Crippen LogP contribution in [0.25, 0.3) is 0 Å². The van der Waals surface area contributed by atoms with Crippen molar-refractivity contribution in [2.24, 2.45) is 16.0 Å². The highest BCUT2D eigenvalue weighted by atomic mass is 32.2. The monoisotopic (exact) mass is 535 g/mol. The minimum Gasteiger partial charge on any atom is -0.395 e. The number of rotatable bonds is 10. The van der Waals surface area contributed by atoms with E-state index in [2.05, 4.69) is 31.2 Å². The molecule has 3 rings (SSSR count). The molecule has 2 aliphatic rings. The van der Waals surface area contributed by atoms with Crippen LogP contribution in [0.15, 0.2) is 27.0 Å². The van der Waals surface area contributed by atoms with Crippen molar-refractivity contribution in [1.82, 2.24) is 26.1 Å². The summed E-state index contributed by atoms with van der Waals surface area (Å²) < 4.78 is 53.9. The highest BCUT2D eigenvalue weighted by Crippen LogP contribution is 2.35. The van der Waals surface area contributed by atoms with Gasteiger partial charge in [0.1, 0.15) is 9.79 Å². The first-order valence-corrected chi connectivity index (χ1v) is 13.9. The number of anilines is 1. The number of nitrogens with zero attached hydrogens (tertiary/aromatic N) is 3. The Bertz CT molecular complexity index is 1170. The van der Waals surface area contributed by atoms with Crippen molar-refractivity contribution in [3.63, 3.8) is 0 Å². The number of hydrazone groups is 1. The smallest absolute Gasteiger partial charge is 0.242 e. The molecule has 0 aliphatic carbocycles. The number of hydrogen-bond donors (Lipinski definition) is 8. The maximum Gasteiger partial charge on any atom is 0.242 e. The van der Waals surface area contributed by atoms with Crippen LogP contribution in [-0.2, 0) is 20.0 Å². The van der Waals surface area contributed by atoms with Crippen molar-refractivity contribution in [3.8, 4) is 0 Å². The van der Waals surface area contributed by atoms with Gasteiger partial charge in [-0.05, 0) is 26.0 Å². The van der Waals surface area contributed by atoms with Gasteiger partial charge in [-0.15, -0.1) is 10.6 Å². The number of benzene rings is 1. The zero-order chi connectivity index (χ0) is 26.0. The average molecular weight is 536 g/mol. The van der Waals surface area contributed by atoms with Crippen molar-refractivity contribution in [1.29, 1.82) is 0 Å². The summed E-state index contributed by atoms with van der Waals surface area (Å²) >= 11 is 0.